The summed E-state index contributed by atoms with van der Waals surface area (Å²) in [6.07, 6.45) is 2.89. The number of hydrogen-bond donors (Lipinski definition) is 1. The zero-order valence-electron chi connectivity index (χ0n) is 11.9. The van der Waals surface area contributed by atoms with E-state index in [1.54, 1.807) is 0 Å². The lowest BCUT2D eigenvalue weighted by molar-refractivity contribution is 0.131. The average Bonchev–Trinajstić information content (AvgIpc) is 2.77. The Bertz CT molecular complexity index is 467. The summed E-state index contributed by atoms with van der Waals surface area (Å²) in [4.78, 5) is 19.1. The van der Waals surface area contributed by atoms with Crippen LogP contribution in [0.2, 0.25) is 0 Å². The highest BCUT2D eigenvalue weighted by atomic mass is 79.9. The van der Waals surface area contributed by atoms with Gasteiger partial charge in [0, 0.05) is 38.3 Å². The third-order valence-corrected chi connectivity index (χ3v) is 4.08. The molecule has 0 aliphatic carbocycles. The highest BCUT2D eigenvalue weighted by molar-refractivity contribution is 9.10. The number of amides is 1. The Balaban J connectivity index is 2.03. The van der Waals surface area contributed by atoms with Crippen molar-refractivity contribution in [2.75, 3.05) is 33.7 Å². The molecule has 0 saturated carbocycles. The topological polar surface area (TPSA) is 61.6 Å². The van der Waals surface area contributed by atoms with E-state index in [2.05, 4.69) is 44.5 Å². The predicted molar refractivity (Wildman–Crippen MR) is 80.1 cm³/mol. The number of likely N-dealkylation sites (tertiary alicyclic amines) is 1. The van der Waals surface area contributed by atoms with E-state index in [1.807, 2.05) is 6.20 Å². The summed E-state index contributed by atoms with van der Waals surface area (Å²) < 4.78 is 3.04. The lowest BCUT2D eigenvalue weighted by Gasteiger charge is -2.30. The molecule has 1 aliphatic rings. The van der Waals surface area contributed by atoms with Gasteiger partial charge >= 0.3 is 6.09 Å². The van der Waals surface area contributed by atoms with Crippen LogP contribution in [0.25, 0.3) is 0 Å². The zero-order valence-corrected chi connectivity index (χ0v) is 13.5. The lowest BCUT2D eigenvalue weighted by Crippen LogP contribution is -2.37. The predicted octanol–water partition coefficient (Wildman–Crippen LogP) is 2.06. The summed E-state index contributed by atoms with van der Waals surface area (Å²) in [5.41, 5.74) is 0. The first-order valence-corrected chi connectivity index (χ1v) is 7.62. The molecule has 20 heavy (non-hydrogen) atoms. The quantitative estimate of drug-likeness (QED) is 0.908. The van der Waals surface area contributed by atoms with Crippen molar-refractivity contribution in [1.82, 2.24) is 19.4 Å². The third-order valence-electron chi connectivity index (χ3n) is 3.70. The molecular weight excluding hydrogens is 324 g/mol. The molecule has 7 heteroatoms. The average molecular weight is 345 g/mol. The van der Waals surface area contributed by atoms with Crippen LogP contribution in [0.5, 0.6) is 0 Å². The van der Waals surface area contributed by atoms with Gasteiger partial charge in [-0.2, -0.15) is 0 Å². The van der Waals surface area contributed by atoms with E-state index in [0.717, 1.165) is 36.4 Å². The van der Waals surface area contributed by atoms with Crippen molar-refractivity contribution in [3.05, 3.63) is 16.6 Å². The number of piperidine rings is 1. The van der Waals surface area contributed by atoms with Gasteiger partial charge in [0.1, 0.15) is 10.4 Å². The molecule has 0 atom stereocenters. The highest BCUT2D eigenvalue weighted by Crippen LogP contribution is 2.28. The smallest absolute Gasteiger partial charge is 0.407 e. The minimum atomic E-state index is -0.819. The van der Waals surface area contributed by atoms with Gasteiger partial charge in [0.05, 0.1) is 0 Å². The molecule has 1 N–H and O–H groups in total. The van der Waals surface area contributed by atoms with Gasteiger partial charge < -0.3 is 19.5 Å². The van der Waals surface area contributed by atoms with Crippen LogP contribution in [0.15, 0.2) is 10.8 Å². The van der Waals surface area contributed by atoms with Gasteiger partial charge in [-0.05, 0) is 42.9 Å². The van der Waals surface area contributed by atoms with E-state index >= 15 is 0 Å². The van der Waals surface area contributed by atoms with Gasteiger partial charge in [-0.15, -0.1) is 0 Å². The minimum Gasteiger partial charge on any atom is -0.465 e. The normalized spacial score (nSPS) is 16.9. The Morgan fingerprint density at radius 3 is 2.70 bits per heavy atom. The van der Waals surface area contributed by atoms with Gasteiger partial charge in [-0.3, -0.25) is 0 Å². The van der Waals surface area contributed by atoms with Crippen LogP contribution in [0.4, 0.5) is 4.79 Å². The van der Waals surface area contributed by atoms with Crippen LogP contribution in [-0.2, 0) is 6.54 Å². The Hall–Kier alpha value is -1.08. The Kier molecular flexibility index (Phi) is 5.04. The fraction of sp³-hybridized carbons (Fsp3) is 0.692. The lowest BCUT2D eigenvalue weighted by atomic mass is 9.96. The van der Waals surface area contributed by atoms with Gasteiger partial charge in [0.2, 0.25) is 0 Å². The fourth-order valence-electron chi connectivity index (χ4n) is 2.54. The largest absolute Gasteiger partial charge is 0.465 e. The van der Waals surface area contributed by atoms with Gasteiger partial charge in [-0.1, -0.05) is 0 Å². The third kappa shape index (κ3) is 3.73. The number of imidazole rings is 1. The van der Waals surface area contributed by atoms with E-state index in [1.165, 1.54) is 4.90 Å². The van der Waals surface area contributed by atoms with Crippen molar-refractivity contribution in [2.24, 2.45) is 0 Å². The Morgan fingerprint density at radius 2 is 2.15 bits per heavy atom. The molecule has 112 valence electrons. The van der Waals surface area contributed by atoms with E-state index in [4.69, 9.17) is 5.11 Å². The Morgan fingerprint density at radius 1 is 1.50 bits per heavy atom. The SMILES string of the molecule is CN(C)CCn1cc(Br)nc1C1CCN(C(=O)O)CC1. The molecule has 0 unspecified atom stereocenters. The number of carboxylic acid groups (broad SMARTS) is 1. The number of nitrogens with zero attached hydrogens (tertiary/aromatic N) is 4. The summed E-state index contributed by atoms with van der Waals surface area (Å²) in [5, 5.41) is 8.99. The second-order valence-corrected chi connectivity index (χ2v) is 6.27. The van der Waals surface area contributed by atoms with Crippen molar-refractivity contribution < 1.29 is 9.90 Å². The highest BCUT2D eigenvalue weighted by Gasteiger charge is 2.26. The maximum Gasteiger partial charge on any atom is 0.407 e. The van der Waals surface area contributed by atoms with Crippen LogP contribution in [0.1, 0.15) is 24.6 Å². The van der Waals surface area contributed by atoms with Crippen LogP contribution in [0.3, 0.4) is 0 Å². The van der Waals surface area contributed by atoms with Gasteiger partial charge in [-0.25, -0.2) is 9.78 Å². The van der Waals surface area contributed by atoms with E-state index in [-0.39, 0.29) is 0 Å². The molecule has 1 aliphatic heterocycles. The number of aromatic nitrogens is 2. The summed E-state index contributed by atoms with van der Waals surface area (Å²) in [6, 6.07) is 0. The van der Waals surface area contributed by atoms with Crippen molar-refractivity contribution >= 4 is 22.0 Å². The summed E-state index contributed by atoms with van der Waals surface area (Å²) in [7, 11) is 4.11. The molecule has 0 bridgehead atoms. The first kappa shape index (κ1) is 15.3. The number of hydrogen-bond acceptors (Lipinski definition) is 3. The molecule has 6 nitrogen and oxygen atoms in total. The van der Waals surface area contributed by atoms with E-state index in [0.29, 0.717) is 19.0 Å². The van der Waals surface area contributed by atoms with Crippen LogP contribution in [0, 0.1) is 0 Å². The molecule has 0 spiro atoms. The second kappa shape index (κ2) is 6.58. The molecule has 2 heterocycles. The van der Waals surface area contributed by atoms with Crippen LogP contribution < -0.4 is 0 Å². The number of rotatable bonds is 4. The monoisotopic (exact) mass is 344 g/mol. The second-order valence-electron chi connectivity index (χ2n) is 5.46. The number of carbonyl (C=O) groups is 1. The molecule has 1 aromatic rings. The van der Waals surface area contributed by atoms with Crippen LogP contribution in [-0.4, -0.2) is 64.3 Å². The van der Waals surface area contributed by atoms with E-state index < -0.39 is 6.09 Å². The number of likely N-dealkylation sites (N-methyl/N-ethyl adjacent to an activating group) is 1. The molecule has 1 amide bonds. The standard InChI is InChI=1S/C13H21BrN4O2/c1-16(2)7-8-18-9-11(14)15-12(18)10-3-5-17(6-4-10)13(19)20/h9-10H,3-8H2,1-2H3,(H,19,20). The maximum absolute atomic E-state index is 10.9. The Labute approximate surface area is 127 Å². The van der Waals surface area contributed by atoms with Crippen LogP contribution >= 0.6 is 15.9 Å². The van der Waals surface area contributed by atoms with Gasteiger partial charge in [0.15, 0.2) is 0 Å². The van der Waals surface area contributed by atoms with Crippen molar-refractivity contribution in [3.63, 3.8) is 0 Å². The van der Waals surface area contributed by atoms with Crippen molar-refractivity contribution in [3.8, 4) is 0 Å². The van der Waals surface area contributed by atoms with Gasteiger partial charge in [0.25, 0.3) is 0 Å². The summed E-state index contributed by atoms with van der Waals surface area (Å²) in [6.45, 7) is 3.06. The first-order chi connectivity index (χ1) is 9.47. The molecule has 1 saturated heterocycles. The molecule has 0 radical (unpaired) electrons. The molecule has 1 fully saturated rings. The maximum atomic E-state index is 10.9. The molecule has 1 aromatic heterocycles. The fourth-order valence-corrected chi connectivity index (χ4v) is 2.97. The van der Waals surface area contributed by atoms with Crippen molar-refractivity contribution in [1.29, 1.82) is 0 Å². The first-order valence-electron chi connectivity index (χ1n) is 6.82. The number of halogens is 1. The van der Waals surface area contributed by atoms with E-state index in [9.17, 15) is 4.79 Å². The molecule has 0 aromatic carbocycles. The van der Waals surface area contributed by atoms with Crippen molar-refractivity contribution in [2.45, 2.75) is 25.3 Å². The zero-order chi connectivity index (χ0) is 14.7. The molecule has 2 rings (SSSR count). The molecular formula is C13H21BrN4O2. The minimum absolute atomic E-state index is 0.346. The summed E-state index contributed by atoms with van der Waals surface area (Å²) in [5.74, 6) is 1.42. The summed E-state index contributed by atoms with van der Waals surface area (Å²) >= 11 is 3.44.